The maximum Gasteiger partial charge on any atom is 0.317 e. The van der Waals surface area contributed by atoms with Crippen molar-refractivity contribution in [2.24, 2.45) is 11.8 Å². The standard InChI is InChI=1S/C14H26N2O3/c1-10-4-6-12(7-5-10)16(3)14(19)15-9-8-11(2)13(17)18/h10-12H,4-9H2,1-3H3,(H,15,19)(H,17,18). The van der Waals surface area contributed by atoms with Crippen LogP contribution in [-0.4, -0.2) is 41.6 Å². The number of carboxylic acids is 1. The van der Waals surface area contributed by atoms with Gasteiger partial charge in [0.15, 0.2) is 0 Å². The molecule has 1 unspecified atom stereocenters. The maximum absolute atomic E-state index is 11.9. The number of carbonyl (C=O) groups excluding carboxylic acids is 1. The first-order chi connectivity index (χ1) is 8.91. The van der Waals surface area contributed by atoms with Crippen molar-refractivity contribution in [1.29, 1.82) is 0 Å². The second-order valence-corrected chi connectivity index (χ2v) is 5.78. The summed E-state index contributed by atoms with van der Waals surface area (Å²) in [5.41, 5.74) is 0. The lowest BCUT2D eigenvalue weighted by Gasteiger charge is -2.33. The highest BCUT2D eigenvalue weighted by Crippen LogP contribution is 2.26. The number of amides is 2. The summed E-state index contributed by atoms with van der Waals surface area (Å²) in [4.78, 5) is 24.4. The van der Waals surface area contributed by atoms with E-state index in [-0.39, 0.29) is 6.03 Å². The molecule has 0 bridgehead atoms. The lowest BCUT2D eigenvalue weighted by Crippen LogP contribution is -2.45. The Morgan fingerprint density at radius 1 is 1.32 bits per heavy atom. The monoisotopic (exact) mass is 270 g/mol. The first-order valence-electron chi connectivity index (χ1n) is 7.15. The summed E-state index contributed by atoms with van der Waals surface area (Å²) in [7, 11) is 1.83. The highest BCUT2D eigenvalue weighted by Gasteiger charge is 2.24. The zero-order chi connectivity index (χ0) is 14.4. The van der Waals surface area contributed by atoms with E-state index in [0.29, 0.717) is 19.0 Å². The van der Waals surface area contributed by atoms with Gasteiger partial charge in [0, 0.05) is 19.6 Å². The van der Waals surface area contributed by atoms with Gasteiger partial charge in [0.2, 0.25) is 0 Å². The molecule has 19 heavy (non-hydrogen) atoms. The Morgan fingerprint density at radius 2 is 1.89 bits per heavy atom. The van der Waals surface area contributed by atoms with Crippen LogP contribution in [-0.2, 0) is 4.79 Å². The Morgan fingerprint density at radius 3 is 2.42 bits per heavy atom. The van der Waals surface area contributed by atoms with Gasteiger partial charge in [0.05, 0.1) is 5.92 Å². The molecule has 5 nitrogen and oxygen atoms in total. The third kappa shape index (κ3) is 5.09. The van der Waals surface area contributed by atoms with Gasteiger partial charge in [0.25, 0.3) is 0 Å². The zero-order valence-electron chi connectivity index (χ0n) is 12.2. The Kier molecular flexibility index (Phi) is 6.12. The quantitative estimate of drug-likeness (QED) is 0.805. The molecule has 0 aromatic rings. The Bertz CT molecular complexity index is 312. The smallest absolute Gasteiger partial charge is 0.317 e. The van der Waals surface area contributed by atoms with Crippen molar-refractivity contribution in [1.82, 2.24) is 10.2 Å². The molecule has 0 heterocycles. The summed E-state index contributed by atoms with van der Waals surface area (Å²) in [6, 6.07) is 0.241. The second kappa shape index (κ2) is 7.36. The lowest BCUT2D eigenvalue weighted by atomic mass is 9.87. The topological polar surface area (TPSA) is 69.6 Å². The van der Waals surface area contributed by atoms with Crippen LogP contribution in [0.2, 0.25) is 0 Å². The molecule has 2 amide bonds. The zero-order valence-corrected chi connectivity index (χ0v) is 12.2. The maximum atomic E-state index is 11.9. The molecule has 5 heteroatoms. The number of hydrogen-bond acceptors (Lipinski definition) is 2. The molecule has 1 aliphatic carbocycles. The predicted molar refractivity (Wildman–Crippen MR) is 74.0 cm³/mol. The van der Waals surface area contributed by atoms with Crippen LogP contribution in [0.3, 0.4) is 0 Å². The molecule has 1 aliphatic rings. The number of hydrogen-bond donors (Lipinski definition) is 2. The van der Waals surface area contributed by atoms with Crippen molar-refractivity contribution in [2.75, 3.05) is 13.6 Å². The molecule has 1 fully saturated rings. The molecule has 0 radical (unpaired) electrons. The van der Waals surface area contributed by atoms with Crippen molar-refractivity contribution in [2.45, 2.75) is 52.0 Å². The van der Waals surface area contributed by atoms with E-state index in [4.69, 9.17) is 5.11 Å². The third-order valence-corrected chi connectivity index (χ3v) is 4.13. The summed E-state index contributed by atoms with van der Waals surface area (Å²) in [5.74, 6) is -0.464. The fourth-order valence-electron chi connectivity index (χ4n) is 2.44. The Balaban J connectivity index is 2.27. The van der Waals surface area contributed by atoms with Gasteiger partial charge in [-0.2, -0.15) is 0 Å². The fraction of sp³-hybridized carbons (Fsp3) is 0.857. The normalized spacial score (nSPS) is 24.6. The number of nitrogens with one attached hydrogen (secondary N) is 1. The molecule has 0 spiro atoms. The van der Waals surface area contributed by atoms with E-state index in [2.05, 4.69) is 12.2 Å². The molecule has 0 aliphatic heterocycles. The minimum absolute atomic E-state index is 0.0860. The number of urea groups is 1. The summed E-state index contributed by atoms with van der Waals surface area (Å²) in [6.07, 6.45) is 4.96. The van der Waals surface area contributed by atoms with Gasteiger partial charge in [-0.15, -0.1) is 0 Å². The van der Waals surface area contributed by atoms with E-state index in [1.54, 1.807) is 11.8 Å². The number of carboxylic acid groups (broad SMARTS) is 1. The van der Waals surface area contributed by atoms with Gasteiger partial charge in [-0.25, -0.2) is 4.79 Å². The SMILES string of the molecule is CC1CCC(N(C)C(=O)NCCC(C)C(=O)O)CC1. The van der Waals surface area contributed by atoms with Crippen molar-refractivity contribution in [3.05, 3.63) is 0 Å². The molecule has 0 saturated heterocycles. The van der Waals surface area contributed by atoms with Gasteiger partial charge in [-0.1, -0.05) is 13.8 Å². The third-order valence-electron chi connectivity index (χ3n) is 4.13. The molecule has 1 atom stereocenters. The molecule has 110 valence electrons. The van der Waals surface area contributed by atoms with Crippen LogP contribution in [0.4, 0.5) is 4.79 Å². The minimum atomic E-state index is -0.816. The first-order valence-corrected chi connectivity index (χ1v) is 7.15. The van der Waals surface area contributed by atoms with Crippen LogP contribution >= 0.6 is 0 Å². The molecule has 1 saturated carbocycles. The minimum Gasteiger partial charge on any atom is -0.481 e. The van der Waals surface area contributed by atoms with Gasteiger partial charge in [-0.05, 0) is 38.0 Å². The summed E-state index contributed by atoms with van der Waals surface area (Å²) in [6.45, 7) is 4.32. The average molecular weight is 270 g/mol. The molecular formula is C14H26N2O3. The van der Waals surface area contributed by atoms with Crippen LogP contribution < -0.4 is 5.32 Å². The molecule has 0 aromatic heterocycles. The highest BCUT2D eigenvalue weighted by molar-refractivity contribution is 5.74. The number of rotatable bonds is 5. The highest BCUT2D eigenvalue weighted by atomic mass is 16.4. The van der Waals surface area contributed by atoms with E-state index in [0.717, 1.165) is 18.8 Å². The van der Waals surface area contributed by atoms with Crippen molar-refractivity contribution in [3.8, 4) is 0 Å². The van der Waals surface area contributed by atoms with Crippen LogP contribution in [0, 0.1) is 11.8 Å². The molecule has 0 aromatic carbocycles. The van der Waals surface area contributed by atoms with E-state index in [1.165, 1.54) is 12.8 Å². The van der Waals surface area contributed by atoms with Gasteiger partial charge >= 0.3 is 12.0 Å². The molecule has 2 N–H and O–H groups in total. The first kappa shape index (κ1) is 15.8. The summed E-state index contributed by atoms with van der Waals surface area (Å²) in [5, 5.41) is 11.6. The molecule has 1 rings (SSSR count). The van der Waals surface area contributed by atoms with Crippen molar-refractivity contribution < 1.29 is 14.7 Å². The summed E-state index contributed by atoms with van der Waals surface area (Å²) >= 11 is 0. The van der Waals surface area contributed by atoms with Crippen molar-refractivity contribution in [3.63, 3.8) is 0 Å². The Hall–Kier alpha value is -1.26. The summed E-state index contributed by atoms with van der Waals surface area (Å²) < 4.78 is 0. The predicted octanol–water partition coefficient (Wildman–Crippen LogP) is 2.32. The fourth-order valence-corrected chi connectivity index (χ4v) is 2.44. The van der Waals surface area contributed by atoms with Crippen LogP contribution in [0.1, 0.15) is 46.0 Å². The number of aliphatic carboxylic acids is 1. The molecular weight excluding hydrogens is 244 g/mol. The Labute approximate surface area is 115 Å². The van der Waals surface area contributed by atoms with Crippen molar-refractivity contribution >= 4 is 12.0 Å². The lowest BCUT2D eigenvalue weighted by molar-refractivity contribution is -0.141. The van der Waals surface area contributed by atoms with Gasteiger partial charge in [-0.3, -0.25) is 4.79 Å². The number of carbonyl (C=O) groups is 2. The average Bonchev–Trinajstić information content (AvgIpc) is 2.38. The van der Waals surface area contributed by atoms with Crippen LogP contribution in [0.25, 0.3) is 0 Å². The van der Waals surface area contributed by atoms with Crippen LogP contribution in [0.5, 0.6) is 0 Å². The van der Waals surface area contributed by atoms with E-state index in [1.807, 2.05) is 7.05 Å². The second-order valence-electron chi connectivity index (χ2n) is 5.78. The van der Waals surface area contributed by atoms with Gasteiger partial charge in [0.1, 0.15) is 0 Å². The van der Waals surface area contributed by atoms with E-state index < -0.39 is 11.9 Å². The van der Waals surface area contributed by atoms with E-state index >= 15 is 0 Å². The van der Waals surface area contributed by atoms with Gasteiger partial charge < -0.3 is 15.3 Å². The van der Waals surface area contributed by atoms with Crippen LogP contribution in [0.15, 0.2) is 0 Å². The van der Waals surface area contributed by atoms with E-state index in [9.17, 15) is 9.59 Å². The largest absolute Gasteiger partial charge is 0.481 e. The number of nitrogens with zero attached hydrogens (tertiary/aromatic N) is 1.